The number of nitrogens with one attached hydrogen (secondary N) is 2. The van der Waals surface area contributed by atoms with E-state index >= 15 is 0 Å². The number of benzene rings is 3. The number of sulfonamides is 2. The molecule has 250 valence electrons. The van der Waals surface area contributed by atoms with Gasteiger partial charge in [0.05, 0.1) is 27.8 Å². The van der Waals surface area contributed by atoms with E-state index < -0.39 is 68.4 Å². The van der Waals surface area contributed by atoms with Crippen molar-refractivity contribution < 1.29 is 60.9 Å². The summed E-state index contributed by atoms with van der Waals surface area (Å²) in [4.78, 5) is 54.7. The average Bonchev–Trinajstić information content (AvgIpc) is 2.96. The van der Waals surface area contributed by atoms with Gasteiger partial charge in [0.2, 0.25) is 11.8 Å². The molecule has 0 aliphatic carbocycles. The Bertz CT molecular complexity index is 1890. The molecule has 2 amide bonds. The lowest BCUT2D eigenvalue weighted by molar-refractivity contribution is -0.146. The molecule has 0 heterocycles. The number of anilines is 1. The van der Waals surface area contributed by atoms with Gasteiger partial charge in [-0.05, 0) is 73.7 Å². The summed E-state index contributed by atoms with van der Waals surface area (Å²) in [7, 11) is -8.24. The standard InChI is InChI=1S/C16H13N3O8S.C11H14N2O5S/c20-13-6-3-10(7-12(13)16(24)25)18-17-9-1-4-11(5-2-9)28(26,27)19-14(21)8-15(22)23;1-2-18-11(15)7-10(14)13-19(16,17)9-5-3-8(12)4-6-9/h1-7,20H,8H2,(H,19,21)(H,22,23)(H,24,25);3-6H,2,7,12H2,1H3,(H,13,14). The highest BCUT2D eigenvalue weighted by atomic mass is 32.2. The van der Waals surface area contributed by atoms with Crippen molar-refractivity contribution in [1.82, 2.24) is 9.44 Å². The molecule has 0 spiro atoms. The first kappa shape index (κ1) is 37.3. The van der Waals surface area contributed by atoms with Crippen LogP contribution in [0.4, 0.5) is 17.1 Å². The molecule has 0 aliphatic rings. The molecule has 20 heteroatoms. The number of nitrogens with zero attached hydrogens (tertiary/aromatic N) is 2. The van der Waals surface area contributed by atoms with Crippen LogP contribution in [0.3, 0.4) is 0 Å². The molecule has 0 bridgehead atoms. The summed E-state index contributed by atoms with van der Waals surface area (Å²) in [6, 6.07) is 13.7. The Kier molecular flexibility index (Phi) is 13.0. The number of carboxylic acid groups (broad SMARTS) is 2. The molecule has 3 aromatic rings. The quantitative estimate of drug-likeness (QED) is 0.0682. The monoisotopic (exact) mass is 693 g/mol. The number of ether oxygens (including phenoxy) is 1. The number of rotatable bonds is 12. The molecular weight excluding hydrogens is 666 g/mol. The second kappa shape index (κ2) is 16.4. The summed E-state index contributed by atoms with van der Waals surface area (Å²) < 4.78 is 55.4. The summed E-state index contributed by atoms with van der Waals surface area (Å²) in [5, 5.41) is 34.5. The number of hydrogen-bond acceptors (Lipinski definition) is 14. The normalized spacial score (nSPS) is 11.1. The Morgan fingerprint density at radius 3 is 1.70 bits per heavy atom. The van der Waals surface area contributed by atoms with Crippen LogP contribution in [0.2, 0.25) is 0 Å². The lowest BCUT2D eigenvalue weighted by Gasteiger charge is -2.06. The van der Waals surface area contributed by atoms with Gasteiger partial charge >= 0.3 is 17.9 Å². The van der Waals surface area contributed by atoms with Crippen LogP contribution >= 0.6 is 0 Å². The SMILES string of the molecule is CCOC(=O)CC(=O)NS(=O)(=O)c1ccc(N)cc1.O=C(O)CC(=O)NS(=O)(=O)c1ccc(N=Nc2ccc(O)c(C(=O)O)c2)cc1. The topological polar surface area (TPSA) is 298 Å². The van der Waals surface area contributed by atoms with Crippen molar-refractivity contribution in [2.45, 2.75) is 29.6 Å². The Morgan fingerprint density at radius 1 is 0.745 bits per heavy atom. The zero-order chi connectivity index (χ0) is 35.4. The van der Waals surface area contributed by atoms with Crippen LogP contribution in [-0.2, 0) is 44.0 Å². The highest BCUT2D eigenvalue weighted by Crippen LogP contribution is 2.25. The molecule has 0 atom stereocenters. The Labute approximate surface area is 267 Å². The largest absolute Gasteiger partial charge is 0.507 e. The Hall–Kier alpha value is -5.89. The summed E-state index contributed by atoms with van der Waals surface area (Å²) >= 11 is 0. The molecule has 3 rings (SSSR count). The number of carboxylic acids is 2. The number of aliphatic carboxylic acids is 1. The number of hydrogen-bond donors (Lipinski definition) is 6. The highest BCUT2D eigenvalue weighted by molar-refractivity contribution is 7.90. The van der Waals surface area contributed by atoms with Gasteiger partial charge in [0, 0.05) is 5.69 Å². The minimum absolute atomic E-state index is 0.112. The van der Waals surface area contributed by atoms with Gasteiger partial charge < -0.3 is 25.8 Å². The van der Waals surface area contributed by atoms with Crippen LogP contribution in [0.15, 0.2) is 86.7 Å². The number of aromatic hydroxyl groups is 1. The second-order valence-electron chi connectivity index (χ2n) is 8.88. The third-order valence-electron chi connectivity index (χ3n) is 5.25. The first-order valence-corrected chi connectivity index (χ1v) is 15.8. The number of esters is 1. The van der Waals surface area contributed by atoms with E-state index in [-0.39, 0.29) is 33.3 Å². The van der Waals surface area contributed by atoms with E-state index in [1.54, 1.807) is 16.4 Å². The third kappa shape index (κ3) is 12.2. The van der Waals surface area contributed by atoms with Crippen LogP contribution < -0.4 is 15.2 Å². The number of nitrogen functional groups attached to an aromatic ring is 1. The number of aromatic carboxylic acids is 1. The lowest BCUT2D eigenvalue weighted by atomic mass is 10.2. The number of amides is 2. The molecule has 0 aliphatic heterocycles. The van der Waals surface area contributed by atoms with Crippen LogP contribution in [0.5, 0.6) is 5.75 Å². The van der Waals surface area contributed by atoms with Gasteiger partial charge in [0.15, 0.2) is 0 Å². The molecule has 0 saturated carbocycles. The van der Waals surface area contributed by atoms with Crippen LogP contribution in [0.1, 0.15) is 30.1 Å². The van der Waals surface area contributed by atoms with Crippen molar-refractivity contribution >= 4 is 66.8 Å². The van der Waals surface area contributed by atoms with Crippen LogP contribution in [0.25, 0.3) is 0 Å². The van der Waals surface area contributed by atoms with Gasteiger partial charge in [0.1, 0.15) is 24.2 Å². The molecule has 0 saturated heterocycles. The second-order valence-corrected chi connectivity index (χ2v) is 12.2. The lowest BCUT2D eigenvalue weighted by Crippen LogP contribution is -2.32. The number of carbonyl (C=O) groups excluding carboxylic acids is 3. The minimum Gasteiger partial charge on any atom is -0.507 e. The fourth-order valence-electron chi connectivity index (χ4n) is 3.18. The van der Waals surface area contributed by atoms with Gasteiger partial charge in [0.25, 0.3) is 20.0 Å². The maximum Gasteiger partial charge on any atom is 0.339 e. The first-order valence-electron chi connectivity index (χ1n) is 12.9. The van der Waals surface area contributed by atoms with Gasteiger partial charge in [-0.1, -0.05) is 0 Å². The molecule has 3 aromatic carbocycles. The van der Waals surface area contributed by atoms with Gasteiger partial charge in [-0.2, -0.15) is 10.2 Å². The van der Waals surface area contributed by atoms with Crippen molar-refractivity contribution in [3.8, 4) is 5.75 Å². The number of carbonyl (C=O) groups is 5. The van der Waals surface area contributed by atoms with Crippen molar-refractivity contribution in [1.29, 1.82) is 0 Å². The summed E-state index contributed by atoms with van der Waals surface area (Å²) in [6.45, 7) is 1.71. The molecule has 18 nitrogen and oxygen atoms in total. The molecule has 0 fully saturated rings. The summed E-state index contributed by atoms with van der Waals surface area (Å²) in [5.41, 5.74) is 5.84. The minimum atomic E-state index is -4.24. The van der Waals surface area contributed by atoms with Crippen LogP contribution in [-0.4, -0.2) is 68.5 Å². The number of azo groups is 1. The highest BCUT2D eigenvalue weighted by Gasteiger charge is 2.21. The van der Waals surface area contributed by atoms with E-state index in [9.17, 15) is 45.9 Å². The Morgan fingerprint density at radius 2 is 1.21 bits per heavy atom. The molecule has 0 unspecified atom stereocenters. The van der Waals surface area contributed by atoms with E-state index in [0.717, 1.165) is 24.3 Å². The predicted octanol–water partition coefficient (Wildman–Crippen LogP) is 1.81. The summed E-state index contributed by atoms with van der Waals surface area (Å²) in [6.07, 6.45) is -1.64. The predicted molar refractivity (Wildman–Crippen MR) is 161 cm³/mol. The Balaban J connectivity index is 0.000000353. The van der Waals surface area contributed by atoms with Gasteiger partial charge in [-0.3, -0.25) is 19.2 Å². The maximum absolute atomic E-state index is 12.0. The van der Waals surface area contributed by atoms with Crippen molar-refractivity contribution in [2.75, 3.05) is 12.3 Å². The van der Waals surface area contributed by atoms with Crippen molar-refractivity contribution in [3.05, 3.63) is 72.3 Å². The van der Waals surface area contributed by atoms with Gasteiger partial charge in [-0.25, -0.2) is 31.1 Å². The fourth-order valence-corrected chi connectivity index (χ4v) is 5.15. The fraction of sp³-hybridized carbons (Fsp3) is 0.148. The van der Waals surface area contributed by atoms with E-state index in [4.69, 9.17) is 15.9 Å². The molecular formula is C27H27N5O13S2. The van der Waals surface area contributed by atoms with E-state index in [1.807, 2.05) is 0 Å². The number of phenols is 1. The number of nitrogens with two attached hydrogens (primary N) is 1. The van der Waals surface area contributed by atoms with Crippen molar-refractivity contribution in [3.63, 3.8) is 0 Å². The van der Waals surface area contributed by atoms with E-state index in [1.165, 1.54) is 42.5 Å². The first-order chi connectivity index (χ1) is 21.9. The van der Waals surface area contributed by atoms with E-state index in [0.29, 0.717) is 5.69 Å². The van der Waals surface area contributed by atoms with Crippen molar-refractivity contribution in [2.24, 2.45) is 10.2 Å². The van der Waals surface area contributed by atoms with E-state index in [2.05, 4.69) is 15.0 Å². The third-order valence-corrected chi connectivity index (χ3v) is 8.03. The van der Waals surface area contributed by atoms with Gasteiger partial charge in [-0.15, -0.1) is 0 Å². The molecule has 0 radical (unpaired) electrons. The molecule has 47 heavy (non-hydrogen) atoms. The zero-order valence-electron chi connectivity index (χ0n) is 24.2. The summed E-state index contributed by atoms with van der Waals surface area (Å²) in [5.74, 6) is -6.15. The van der Waals surface area contributed by atoms with Crippen LogP contribution in [0, 0.1) is 0 Å². The smallest absolute Gasteiger partial charge is 0.339 e. The maximum atomic E-state index is 12.0. The zero-order valence-corrected chi connectivity index (χ0v) is 25.8. The molecule has 7 N–H and O–H groups in total. The average molecular weight is 694 g/mol. The molecule has 0 aromatic heterocycles.